The Morgan fingerprint density at radius 3 is 2.62 bits per heavy atom. The van der Waals surface area contributed by atoms with Gasteiger partial charge in [0.2, 0.25) is 5.78 Å². The van der Waals surface area contributed by atoms with Crippen LogP contribution in [0.15, 0.2) is 24.3 Å². The highest BCUT2D eigenvalue weighted by atomic mass is 16.7. The molecule has 1 heterocycles. The van der Waals surface area contributed by atoms with Gasteiger partial charge in [0.05, 0.1) is 0 Å². The first kappa shape index (κ1) is 11.1. The van der Waals surface area contributed by atoms with Crippen molar-refractivity contribution in [3.8, 4) is 5.75 Å². The van der Waals surface area contributed by atoms with E-state index in [4.69, 9.17) is 14.2 Å². The molecule has 0 saturated heterocycles. The number of Topliss-reactive ketones (excluding diaryl/α,β-unsaturated/α-hetero) is 1. The SMILES string of the molecule is CO[C@H]1c2ccccc2O[C@@]1(OC)C(C)=O. The van der Waals surface area contributed by atoms with Crippen LogP contribution in [-0.4, -0.2) is 25.8 Å². The molecule has 4 nitrogen and oxygen atoms in total. The number of fused-ring (bicyclic) bond motifs is 1. The molecule has 2 atom stereocenters. The Labute approximate surface area is 94.1 Å². The minimum Gasteiger partial charge on any atom is -0.452 e. The van der Waals surface area contributed by atoms with Crippen molar-refractivity contribution in [3.05, 3.63) is 29.8 Å². The highest BCUT2D eigenvalue weighted by Crippen LogP contribution is 2.45. The van der Waals surface area contributed by atoms with Crippen molar-refractivity contribution in [2.24, 2.45) is 0 Å². The zero-order valence-electron chi connectivity index (χ0n) is 9.52. The first-order valence-corrected chi connectivity index (χ1v) is 5.02. The Bertz CT molecular complexity index is 415. The van der Waals surface area contributed by atoms with Gasteiger partial charge in [-0.1, -0.05) is 18.2 Å². The van der Waals surface area contributed by atoms with Crippen molar-refractivity contribution >= 4 is 5.78 Å². The van der Waals surface area contributed by atoms with Crippen LogP contribution in [-0.2, 0) is 14.3 Å². The van der Waals surface area contributed by atoms with Gasteiger partial charge in [0.1, 0.15) is 5.75 Å². The van der Waals surface area contributed by atoms with E-state index >= 15 is 0 Å². The van der Waals surface area contributed by atoms with Gasteiger partial charge in [0.25, 0.3) is 0 Å². The maximum Gasteiger partial charge on any atom is 0.301 e. The molecule has 0 aliphatic carbocycles. The molecule has 0 unspecified atom stereocenters. The second-order valence-corrected chi connectivity index (χ2v) is 3.68. The Kier molecular flexibility index (Phi) is 2.69. The van der Waals surface area contributed by atoms with E-state index in [1.807, 2.05) is 18.2 Å². The van der Waals surface area contributed by atoms with Crippen LogP contribution in [0.3, 0.4) is 0 Å². The normalized spacial score (nSPS) is 27.3. The molecule has 0 bridgehead atoms. The van der Waals surface area contributed by atoms with Crippen LogP contribution in [0.25, 0.3) is 0 Å². The second kappa shape index (κ2) is 3.88. The van der Waals surface area contributed by atoms with Gasteiger partial charge in [-0.2, -0.15) is 0 Å². The molecule has 1 aromatic carbocycles. The van der Waals surface area contributed by atoms with Crippen LogP contribution in [0.1, 0.15) is 18.6 Å². The minimum atomic E-state index is -1.35. The zero-order chi connectivity index (χ0) is 11.8. The summed E-state index contributed by atoms with van der Waals surface area (Å²) in [5.74, 6) is -0.928. The van der Waals surface area contributed by atoms with E-state index in [0.29, 0.717) is 5.75 Å². The number of hydrogen-bond acceptors (Lipinski definition) is 4. The van der Waals surface area contributed by atoms with Gasteiger partial charge < -0.3 is 14.2 Å². The number of hydrogen-bond donors (Lipinski definition) is 0. The summed E-state index contributed by atoms with van der Waals surface area (Å²) >= 11 is 0. The van der Waals surface area contributed by atoms with Crippen LogP contribution in [0.2, 0.25) is 0 Å². The van der Waals surface area contributed by atoms with Gasteiger partial charge in [-0.25, -0.2) is 0 Å². The Morgan fingerprint density at radius 1 is 1.38 bits per heavy atom. The Hall–Kier alpha value is -1.39. The van der Waals surface area contributed by atoms with Crippen molar-refractivity contribution in [2.45, 2.75) is 18.8 Å². The zero-order valence-corrected chi connectivity index (χ0v) is 9.52. The van der Waals surface area contributed by atoms with E-state index in [9.17, 15) is 4.79 Å². The molecule has 86 valence electrons. The van der Waals surface area contributed by atoms with Crippen LogP contribution in [0.4, 0.5) is 0 Å². The van der Waals surface area contributed by atoms with Crippen molar-refractivity contribution < 1.29 is 19.0 Å². The standard InChI is InChI=1S/C12H14O4/c1-8(13)12(15-3)11(14-2)9-6-4-5-7-10(9)16-12/h4-7,11H,1-3H3/t11-,12-/m0/s1. The lowest BCUT2D eigenvalue weighted by Crippen LogP contribution is -2.47. The molecular weight excluding hydrogens is 208 g/mol. The summed E-state index contributed by atoms with van der Waals surface area (Å²) in [5.41, 5.74) is 0.835. The molecule has 4 heteroatoms. The lowest BCUT2D eigenvalue weighted by molar-refractivity contribution is -0.212. The predicted molar refractivity (Wildman–Crippen MR) is 57.2 cm³/mol. The van der Waals surface area contributed by atoms with E-state index in [0.717, 1.165) is 5.56 Å². The molecule has 1 aliphatic heterocycles. The van der Waals surface area contributed by atoms with Gasteiger partial charge in [-0.3, -0.25) is 4.79 Å². The summed E-state index contributed by atoms with van der Waals surface area (Å²) in [6, 6.07) is 7.38. The second-order valence-electron chi connectivity index (χ2n) is 3.68. The number of ether oxygens (including phenoxy) is 3. The van der Waals surface area contributed by atoms with Crippen LogP contribution >= 0.6 is 0 Å². The van der Waals surface area contributed by atoms with Crippen LogP contribution < -0.4 is 4.74 Å². The number of carbonyl (C=O) groups is 1. The fourth-order valence-corrected chi connectivity index (χ4v) is 2.04. The number of rotatable bonds is 3. The van der Waals surface area contributed by atoms with E-state index in [-0.39, 0.29) is 5.78 Å². The van der Waals surface area contributed by atoms with E-state index in [2.05, 4.69) is 0 Å². The molecule has 1 aromatic rings. The molecule has 16 heavy (non-hydrogen) atoms. The molecule has 0 N–H and O–H groups in total. The molecule has 0 radical (unpaired) electrons. The molecular formula is C12H14O4. The van der Waals surface area contributed by atoms with Crippen molar-refractivity contribution in [3.63, 3.8) is 0 Å². The quantitative estimate of drug-likeness (QED) is 0.780. The van der Waals surface area contributed by atoms with E-state index < -0.39 is 11.9 Å². The molecule has 2 rings (SSSR count). The average Bonchev–Trinajstić information content (AvgIpc) is 2.63. The topological polar surface area (TPSA) is 44.8 Å². The molecule has 1 aliphatic rings. The van der Waals surface area contributed by atoms with E-state index in [1.54, 1.807) is 6.07 Å². The predicted octanol–water partition coefficient (Wildman–Crippen LogP) is 1.70. The summed E-state index contributed by atoms with van der Waals surface area (Å²) in [5, 5.41) is 0. The third kappa shape index (κ3) is 1.34. The summed E-state index contributed by atoms with van der Waals surface area (Å²) in [6.07, 6.45) is -0.522. The lowest BCUT2D eigenvalue weighted by atomic mass is 10.0. The Balaban J connectivity index is 2.51. The number of benzene rings is 1. The van der Waals surface area contributed by atoms with Gasteiger partial charge in [0.15, 0.2) is 6.10 Å². The first-order valence-electron chi connectivity index (χ1n) is 5.02. The fourth-order valence-electron chi connectivity index (χ4n) is 2.04. The fraction of sp³-hybridized carbons (Fsp3) is 0.417. The number of ketones is 1. The maximum absolute atomic E-state index is 11.7. The highest BCUT2D eigenvalue weighted by molar-refractivity contribution is 5.86. The van der Waals surface area contributed by atoms with Gasteiger partial charge in [-0.15, -0.1) is 0 Å². The monoisotopic (exact) mass is 222 g/mol. The summed E-state index contributed by atoms with van der Waals surface area (Å²) in [6.45, 7) is 1.43. The summed E-state index contributed by atoms with van der Waals surface area (Å²) < 4.78 is 16.2. The Morgan fingerprint density at radius 2 is 2.06 bits per heavy atom. The van der Waals surface area contributed by atoms with Crippen molar-refractivity contribution in [2.75, 3.05) is 14.2 Å². The van der Waals surface area contributed by atoms with Crippen molar-refractivity contribution in [1.29, 1.82) is 0 Å². The third-order valence-electron chi connectivity index (χ3n) is 2.84. The summed E-state index contributed by atoms with van der Waals surface area (Å²) in [7, 11) is 2.98. The number of methoxy groups -OCH3 is 2. The molecule has 0 aromatic heterocycles. The van der Waals surface area contributed by atoms with Crippen LogP contribution in [0.5, 0.6) is 5.75 Å². The largest absolute Gasteiger partial charge is 0.452 e. The molecule has 0 amide bonds. The van der Waals surface area contributed by atoms with Gasteiger partial charge in [-0.05, 0) is 6.07 Å². The van der Waals surface area contributed by atoms with Crippen LogP contribution in [0, 0.1) is 0 Å². The maximum atomic E-state index is 11.7. The minimum absolute atomic E-state index is 0.210. The van der Waals surface area contributed by atoms with E-state index in [1.165, 1.54) is 21.1 Å². The number of carbonyl (C=O) groups excluding carboxylic acids is 1. The average molecular weight is 222 g/mol. The molecule has 0 fully saturated rings. The smallest absolute Gasteiger partial charge is 0.301 e. The summed E-state index contributed by atoms with van der Waals surface area (Å²) in [4.78, 5) is 11.7. The lowest BCUT2D eigenvalue weighted by Gasteiger charge is -2.29. The molecule has 0 saturated carbocycles. The van der Waals surface area contributed by atoms with Crippen molar-refractivity contribution in [1.82, 2.24) is 0 Å². The first-order chi connectivity index (χ1) is 7.65. The highest BCUT2D eigenvalue weighted by Gasteiger charge is 2.53. The van der Waals surface area contributed by atoms with Gasteiger partial charge >= 0.3 is 5.79 Å². The molecule has 0 spiro atoms. The van der Waals surface area contributed by atoms with Gasteiger partial charge in [0, 0.05) is 26.7 Å². The third-order valence-corrected chi connectivity index (χ3v) is 2.84. The number of para-hydroxylation sites is 1.